The van der Waals surface area contributed by atoms with Gasteiger partial charge in [-0.2, -0.15) is 0 Å². The molecule has 1 heterocycles. The number of hydrogen-bond donors (Lipinski definition) is 1. The van der Waals surface area contributed by atoms with Gasteiger partial charge in [0.15, 0.2) is 0 Å². The minimum Gasteiger partial charge on any atom is -0.456 e. The van der Waals surface area contributed by atoms with Crippen LogP contribution in [0.1, 0.15) is 37.0 Å². The maximum Gasteiger partial charge on any atom is 0.340 e. The van der Waals surface area contributed by atoms with Gasteiger partial charge >= 0.3 is 5.97 Å². The molecule has 2 rings (SSSR count). The summed E-state index contributed by atoms with van der Waals surface area (Å²) in [5.41, 5.74) is -0.0235. The van der Waals surface area contributed by atoms with E-state index in [0.29, 0.717) is 16.5 Å². The Bertz CT molecular complexity index is 499. The van der Waals surface area contributed by atoms with Gasteiger partial charge in [0, 0.05) is 9.49 Å². The number of piperidine rings is 1. The molecule has 1 fully saturated rings. The third kappa shape index (κ3) is 3.86. The minimum absolute atomic E-state index is 0.336. The van der Waals surface area contributed by atoms with Crippen LogP contribution >= 0.6 is 34.2 Å². The lowest BCUT2D eigenvalue weighted by atomic mass is 9.83. The second-order valence-corrected chi connectivity index (χ2v) is 7.29. The summed E-state index contributed by atoms with van der Waals surface area (Å²) >= 11 is 8.25. The van der Waals surface area contributed by atoms with E-state index in [1.165, 1.54) is 0 Å². The lowest BCUT2D eigenvalue weighted by Gasteiger charge is -2.36. The van der Waals surface area contributed by atoms with Gasteiger partial charge in [-0.05, 0) is 80.6 Å². The molecule has 110 valence electrons. The standard InChI is InChI=1S/C15H19ClINO2/c1-15(2,10-5-7-18-8-6-10)20-14(19)12-9-11(17)3-4-13(12)16/h3-4,9-10,18H,5-8H2,1-2H3. The average Bonchev–Trinajstić information content (AvgIpc) is 2.42. The number of rotatable bonds is 3. The Hall–Kier alpha value is -0.330. The molecule has 1 aliphatic rings. The van der Waals surface area contributed by atoms with Crippen molar-refractivity contribution in [2.75, 3.05) is 13.1 Å². The number of nitrogens with one attached hydrogen (secondary N) is 1. The van der Waals surface area contributed by atoms with E-state index in [0.717, 1.165) is 29.5 Å². The van der Waals surface area contributed by atoms with E-state index in [2.05, 4.69) is 27.9 Å². The largest absolute Gasteiger partial charge is 0.456 e. The van der Waals surface area contributed by atoms with Crippen LogP contribution in [0.2, 0.25) is 5.02 Å². The number of esters is 1. The SMILES string of the molecule is CC(C)(OC(=O)c1cc(I)ccc1Cl)C1CCNCC1. The summed E-state index contributed by atoms with van der Waals surface area (Å²) in [6.07, 6.45) is 2.06. The highest BCUT2D eigenvalue weighted by Crippen LogP contribution is 2.31. The molecule has 1 aliphatic heterocycles. The number of halogens is 2. The average molecular weight is 408 g/mol. The maximum atomic E-state index is 12.4. The summed E-state index contributed by atoms with van der Waals surface area (Å²) in [5, 5.41) is 3.77. The summed E-state index contributed by atoms with van der Waals surface area (Å²) in [4.78, 5) is 12.4. The normalized spacial score (nSPS) is 17.0. The van der Waals surface area contributed by atoms with Crippen LogP contribution in [0.15, 0.2) is 18.2 Å². The zero-order chi connectivity index (χ0) is 14.8. The summed E-state index contributed by atoms with van der Waals surface area (Å²) < 4.78 is 6.72. The first-order valence-electron chi connectivity index (χ1n) is 6.79. The predicted octanol–water partition coefficient (Wildman–Crippen LogP) is 3.88. The maximum absolute atomic E-state index is 12.4. The van der Waals surface area contributed by atoms with Crippen LogP contribution in [0.25, 0.3) is 0 Å². The first kappa shape index (κ1) is 16.0. The van der Waals surface area contributed by atoms with Crippen LogP contribution in [0, 0.1) is 9.49 Å². The number of ether oxygens (including phenoxy) is 1. The molecular formula is C15H19ClINO2. The van der Waals surface area contributed by atoms with Gasteiger partial charge in [-0.25, -0.2) is 4.79 Å². The van der Waals surface area contributed by atoms with Gasteiger partial charge in [-0.15, -0.1) is 0 Å². The molecule has 1 aromatic carbocycles. The zero-order valence-corrected chi connectivity index (χ0v) is 14.6. The number of carbonyl (C=O) groups excluding carboxylic acids is 1. The van der Waals surface area contributed by atoms with Crippen LogP contribution in [0.3, 0.4) is 0 Å². The molecule has 0 radical (unpaired) electrons. The fraction of sp³-hybridized carbons (Fsp3) is 0.533. The highest BCUT2D eigenvalue weighted by Gasteiger charge is 2.34. The Morgan fingerprint density at radius 3 is 2.70 bits per heavy atom. The van der Waals surface area contributed by atoms with Gasteiger partial charge < -0.3 is 10.1 Å². The molecule has 0 aliphatic carbocycles. The Morgan fingerprint density at radius 1 is 1.40 bits per heavy atom. The molecule has 0 bridgehead atoms. The molecule has 0 aromatic heterocycles. The number of carbonyl (C=O) groups is 1. The predicted molar refractivity (Wildman–Crippen MR) is 89.3 cm³/mol. The Labute approximate surface area is 138 Å². The van der Waals surface area contributed by atoms with Crippen molar-refractivity contribution in [3.8, 4) is 0 Å². The van der Waals surface area contributed by atoms with Gasteiger partial charge in [-0.3, -0.25) is 0 Å². The van der Waals surface area contributed by atoms with E-state index in [9.17, 15) is 4.79 Å². The molecule has 20 heavy (non-hydrogen) atoms. The molecule has 1 aromatic rings. The van der Waals surface area contributed by atoms with Crippen molar-refractivity contribution in [2.45, 2.75) is 32.3 Å². The molecule has 1 N–H and O–H groups in total. The molecule has 0 spiro atoms. The third-order valence-corrected chi connectivity index (χ3v) is 4.83. The minimum atomic E-state index is -0.468. The zero-order valence-electron chi connectivity index (χ0n) is 11.7. The van der Waals surface area contributed by atoms with Crippen molar-refractivity contribution >= 4 is 40.2 Å². The molecule has 5 heteroatoms. The van der Waals surface area contributed by atoms with Crippen LogP contribution in [-0.2, 0) is 4.74 Å². The fourth-order valence-corrected chi connectivity index (χ4v) is 3.23. The Balaban J connectivity index is 2.11. The molecule has 0 atom stereocenters. The van der Waals surface area contributed by atoms with Crippen molar-refractivity contribution in [3.63, 3.8) is 0 Å². The number of benzene rings is 1. The van der Waals surface area contributed by atoms with Crippen molar-refractivity contribution in [1.29, 1.82) is 0 Å². The molecule has 1 saturated heterocycles. The van der Waals surface area contributed by atoms with Crippen molar-refractivity contribution in [1.82, 2.24) is 5.32 Å². The molecular weight excluding hydrogens is 389 g/mol. The molecule has 0 saturated carbocycles. The Morgan fingerprint density at radius 2 is 2.05 bits per heavy atom. The summed E-state index contributed by atoms with van der Waals surface area (Å²) in [6, 6.07) is 5.37. The van der Waals surface area contributed by atoms with Gasteiger partial charge in [0.05, 0.1) is 10.6 Å². The van der Waals surface area contributed by atoms with Crippen molar-refractivity contribution in [3.05, 3.63) is 32.4 Å². The van der Waals surface area contributed by atoms with E-state index in [4.69, 9.17) is 16.3 Å². The second kappa shape index (κ2) is 6.62. The van der Waals surface area contributed by atoms with Crippen LogP contribution in [0.5, 0.6) is 0 Å². The molecule has 0 amide bonds. The van der Waals surface area contributed by atoms with E-state index in [1.54, 1.807) is 12.1 Å². The van der Waals surface area contributed by atoms with E-state index >= 15 is 0 Å². The second-order valence-electron chi connectivity index (χ2n) is 5.64. The smallest absolute Gasteiger partial charge is 0.340 e. The topological polar surface area (TPSA) is 38.3 Å². The highest BCUT2D eigenvalue weighted by molar-refractivity contribution is 14.1. The van der Waals surface area contributed by atoms with Crippen molar-refractivity contribution < 1.29 is 9.53 Å². The fourth-order valence-electron chi connectivity index (χ4n) is 2.55. The quantitative estimate of drug-likeness (QED) is 0.610. The molecule has 0 unspecified atom stereocenters. The van der Waals surface area contributed by atoms with E-state index in [-0.39, 0.29) is 5.97 Å². The lowest BCUT2D eigenvalue weighted by Crippen LogP contribution is -2.42. The monoisotopic (exact) mass is 407 g/mol. The number of hydrogen-bond acceptors (Lipinski definition) is 3. The lowest BCUT2D eigenvalue weighted by molar-refractivity contribution is -0.0368. The first-order chi connectivity index (χ1) is 9.40. The highest BCUT2D eigenvalue weighted by atomic mass is 127. The van der Waals surface area contributed by atoms with Crippen LogP contribution < -0.4 is 5.32 Å². The van der Waals surface area contributed by atoms with Gasteiger partial charge in [-0.1, -0.05) is 11.6 Å². The van der Waals surface area contributed by atoms with Gasteiger partial charge in [0.2, 0.25) is 0 Å². The van der Waals surface area contributed by atoms with Crippen molar-refractivity contribution in [2.24, 2.45) is 5.92 Å². The van der Waals surface area contributed by atoms with E-state index < -0.39 is 5.60 Å². The van der Waals surface area contributed by atoms with Crippen LogP contribution in [-0.4, -0.2) is 24.7 Å². The van der Waals surface area contributed by atoms with Crippen LogP contribution in [0.4, 0.5) is 0 Å². The van der Waals surface area contributed by atoms with E-state index in [1.807, 2.05) is 19.9 Å². The van der Waals surface area contributed by atoms with Gasteiger partial charge in [0.25, 0.3) is 0 Å². The summed E-state index contributed by atoms with van der Waals surface area (Å²) in [5.74, 6) is 0.0475. The molecule has 3 nitrogen and oxygen atoms in total. The Kier molecular flexibility index (Phi) is 5.31. The summed E-state index contributed by atoms with van der Waals surface area (Å²) in [7, 11) is 0. The first-order valence-corrected chi connectivity index (χ1v) is 8.25. The third-order valence-electron chi connectivity index (χ3n) is 3.83. The summed E-state index contributed by atoms with van der Waals surface area (Å²) in [6.45, 7) is 5.94. The van der Waals surface area contributed by atoms with Gasteiger partial charge in [0.1, 0.15) is 5.60 Å².